The van der Waals surface area contributed by atoms with Crippen LogP contribution >= 0.6 is 0 Å². The molecule has 1 fully saturated rings. The van der Waals surface area contributed by atoms with Crippen molar-refractivity contribution in [3.05, 3.63) is 42.0 Å². The van der Waals surface area contributed by atoms with Crippen molar-refractivity contribution in [1.82, 2.24) is 0 Å². The van der Waals surface area contributed by atoms with Gasteiger partial charge in [-0.25, -0.2) is 0 Å². The molecule has 2 rings (SSSR count). The molecule has 1 saturated heterocycles. The average molecular weight is 345 g/mol. The maximum absolute atomic E-state index is 5.77. The predicted molar refractivity (Wildman–Crippen MR) is 106 cm³/mol. The van der Waals surface area contributed by atoms with Gasteiger partial charge in [0.25, 0.3) is 0 Å². The Kier molecular flexibility index (Phi) is 9.10. The summed E-state index contributed by atoms with van der Waals surface area (Å²) in [6.45, 7) is 5.67. The number of aryl methyl sites for hydroxylation is 1. The lowest BCUT2D eigenvalue weighted by atomic mass is 10.0. The summed E-state index contributed by atoms with van der Waals surface area (Å²) in [7, 11) is 0. The van der Waals surface area contributed by atoms with Gasteiger partial charge >= 0.3 is 0 Å². The van der Waals surface area contributed by atoms with E-state index in [1.807, 2.05) is 0 Å². The summed E-state index contributed by atoms with van der Waals surface area (Å²) in [5.41, 5.74) is 1.39. The molecule has 140 valence electrons. The number of ether oxygens (including phenoxy) is 2. The Morgan fingerprint density at radius 2 is 1.56 bits per heavy atom. The molecule has 2 nitrogen and oxygen atoms in total. The summed E-state index contributed by atoms with van der Waals surface area (Å²) >= 11 is 0. The van der Waals surface area contributed by atoms with Crippen LogP contribution in [0.2, 0.25) is 0 Å². The zero-order valence-corrected chi connectivity index (χ0v) is 16.3. The van der Waals surface area contributed by atoms with Crippen LogP contribution < -0.4 is 4.74 Å². The third-order valence-corrected chi connectivity index (χ3v) is 4.93. The number of unbranched alkanes of at least 4 members (excludes halogenated alkanes) is 8. The summed E-state index contributed by atoms with van der Waals surface area (Å²) in [4.78, 5) is 0. The van der Waals surface area contributed by atoms with E-state index in [1.165, 1.54) is 69.8 Å². The Labute approximate surface area is 154 Å². The van der Waals surface area contributed by atoms with Crippen LogP contribution in [0.5, 0.6) is 5.75 Å². The van der Waals surface area contributed by atoms with E-state index in [0.717, 1.165) is 12.4 Å². The van der Waals surface area contributed by atoms with Crippen LogP contribution in [0.4, 0.5) is 0 Å². The molecule has 0 spiro atoms. The second-order valence-electron chi connectivity index (χ2n) is 7.61. The van der Waals surface area contributed by atoms with Gasteiger partial charge in [0.05, 0.1) is 6.61 Å². The Balaban J connectivity index is 1.44. The van der Waals surface area contributed by atoms with Gasteiger partial charge in [0.15, 0.2) is 0 Å². The van der Waals surface area contributed by atoms with Crippen LogP contribution in [0.15, 0.2) is 36.4 Å². The second-order valence-corrected chi connectivity index (χ2v) is 7.61. The zero-order valence-electron chi connectivity index (χ0n) is 16.3. The third kappa shape index (κ3) is 9.11. The zero-order chi connectivity index (χ0) is 17.8. The molecule has 1 heterocycles. The van der Waals surface area contributed by atoms with Crippen LogP contribution in [0.3, 0.4) is 0 Å². The minimum atomic E-state index is -0.0365. The molecule has 25 heavy (non-hydrogen) atoms. The number of rotatable bonds is 14. The highest BCUT2D eigenvalue weighted by Crippen LogP contribution is 2.27. The van der Waals surface area contributed by atoms with Gasteiger partial charge in [0, 0.05) is 0 Å². The Morgan fingerprint density at radius 1 is 0.960 bits per heavy atom. The first kappa shape index (κ1) is 20.0. The molecular weight excluding hydrogens is 308 g/mol. The molecule has 2 heteroatoms. The topological polar surface area (TPSA) is 21.8 Å². The standard InChI is InChI=1S/C23H36O2/c1-3-4-5-6-7-8-9-10-11-12-13-14-21-15-17-22(18-16-21)24-19-23(2)20-25-23/h3-4,15-18H,5-14,19-20H2,1-2H3/b4-3+. The summed E-state index contributed by atoms with van der Waals surface area (Å²) in [6, 6.07) is 8.59. The Morgan fingerprint density at radius 3 is 2.16 bits per heavy atom. The molecule has 1 atom stereocenters. The number of epoxide rings is 1. The van der Waals surface area contributed by atoms with Gasteiger partial charge in [-0.3, -0.25) is 0 Å². The fourth-order valence-corrected chi connectivity index (χ4v) is 3.01. The predicted octanol–water partition coefficient (Wildman–Crippen LogP) is 6.48. The van der Waals surface area contributed by atoms with Crippen LogP contribution in [0.25, 0.3) is 0 Å². The molecule has 0 amide bonds. The van der Waals surface area contributed by atoms with Crippen molar-refractivity contribution in [2.24, 2.45) is 0 Å². The maximum atomic E-state index is 5.77. The highest BCUT2D eigenvalue weighted by molar-refractivity contribution is 5.27. The lowest BCUT2D eigenvalue weighted by molar-refractivity contribution is 0.202. The minimum Gasteiger partial charge on any atom is -0.491 e. The normalized spacial score (nSPS) is 19.4. The molecule has 0 aromatic heterocycles. The number of benzene rings is 1. The lowest BCUT2D eigenvalue weighted by Gasteiger charge is -2.09. The number of allylic oxidation sites excluding steroid dienone is 2. The molecule has 0 N–H and O–H groups in total. The van der Waals surface area contributed by atoms with Gasteiger partial charge in [0.1, 0.15) is 18.0 Å². The minimum absolute atomic E-state index is 0.0365. The van der Waals surface area contributed by atoms with Crippen molar-refractivity contribution < 1.29 is 9.47 Å². The fourth-order valence-electron chi connectivity index (χ4n) is 3.01. The second kappa shape index (κ2) is 11.4. The SMILES string of the molecule is C/C=C/CCCCCCCCCCc1ccc(OCC2(C)CO2)cc1. The summed E-state index contributed by atoms with van der Waals surface area (Å²) in [6.07, 6.45) is 17.9. The van der Waals surface area contributed by atoms with E-state index in [2.05, 4.69) is 50.3 Å². The summed E-state index contributed by atoms with van der Waals surface area (Å²) < 4.78 is 11.1. The van der Waals surface area contributed by atoms with E-state index in [-0.39, 0.29) is 5.60 Å². The Hall–Kier alpha value is -1.28. The molecule has 1 aliphatic heterocycles. The summed E-state index contributed by atoms with van der Waals surface area (Å²) in [5, 5.41) is 0. The molecule has 1 aliphatic rings. The molecule has 0 bridgehead atoms. The number of hydrogen-bond acceptors (Lipinski definition) is 2. The maximum Gasteiger partial charge on any atom is 0.123 e. The molecule has 0 radical (unpaired) electrons. The van der Waals surface area contributed by atoms with Gasteiger partial charge in [-0.1, -0.05) is 62.8 Å². The quantitative estimate of drug-likeness (QED) is 0.219. The van der Waals surface area contributed by atoms with Gasteiger partial charge in [0.2, 0.25) is 0 Å². The molecular formula is C23H36O2. The van der Waals surface area contributed by atoms with E-state index in [9.17, 15) is 0 Å². The first-order valence-corrected chi connectivity index (χ1v) is 10.2. The largest absolute Gasteiger partial charge is 0.491 e. The average Bonchev–Trinajstić information content (AvgIpc) is 3.37. The van der Waals surface area contributed by atoms with Crippen LogP contribution in [0.1, 0.15) is 77.2 Å². The van der Waals surface area contributed by atoms with E-state index in [4.69, 9.17) is 9.47 Å². The number of hydrogen-bond donors (Lipinski definition) is 0. The first-order valence-electron chi connectivity index (χ1n) is 10.2. The molecule has 1 aromatic rings. The highest BCUT2D eigenvalue weighted by Gasteiger charge is 2.40. The van der Waals surface area contributed by atoms with Crippen molar-refractivity contribution >= 4 is 0 Å². The van der Waals surface area contributed by atoms with Crippen molar-refractivity contribution in [1.29, 1.82) is 0 Å². The highest BCUT2D eigenvalue weighted by atomic mass is 16.6. The Bertz CT molecular complexity index is 485. The smallest absolute Gasteiger partial charge is 0.123 e. The monoisotopic (exact) mass is 344 g/mol. The molecule has 0 aliphatic carbocycles. The molecule has 1 aromatic carbocycles. The van der Waals surface area contributed by atoms with Gasteiger partial charge in [-0.2, -0.15) is 0 Å². The van der Waals surface area contributed by atoms with Crippen molar-refractivity contribution in [2.75, 3.05) is 13.2 Å². The van der Waals surface area contributed by atoms with E-state index in [1.54, 1.807) is 0 Å². The van der Waals surface area contributed by atoms with Gasteiger partial charge in [-0.05, 0) is 57.2 Å². The molecule has 0 saturated carbocycles. The third-order valence-electron chi connectivity index (χ3n) is 4.93. The van der Waals surface area contributed by atoms with Crippen LogP contribution in [0, 0.1) is 0 Å². The summed E-state index contributed by atoms with van der Waals surface area (Å²) in [5.74, 6) is 0.954. The van der Waals surface area contributed by atoms with Crippen LogP contribution in [-0.4, -0.2) is 18.8 Å². The van der Waals surface area contributed by atoms with E-state index in [0.29, 0.717) is 6.61 Å². The van der Waals surface area contributed by atoms with Gasteiger partial charge < -0.3 is 9.47 Å². The van der Waals surface area contributed by atoms with E-state index < -0.39 is 0 Å². The van der Waals surface area contributed by atoms with Crippen molar-refractivity contribution in [3.8, 4) is 5.75 Å². The lowest BCUT2D eigenvalue weighted by Crippen LogP contribution is -2.16. The fraction of sp³-hybridized carbons (Fsp3) is 0.652. The van der Waals surface area contributed by atoms with Crippen molar-refractivity contribution in [3.63, 3.8) is 0 Å². The van der Waals surface area contributed by atoms with Gasteiger partial charge in [-0.15, -0.1) is 0 Å². The molecule has 1 unspecified atom stereocenters. The van der Waals surface area contributed by atoms with Crippen LogP contribution in [-0.2, 0) is 11.2 Å². The van der Waals surface area contributed by atoms with E-state index >= 15 is 0 Å². The van der Waals surface area contributed by atoms with Crippen molar-refractivity contribution in [2.45, 2.75) is 83.7 Å². The first-order chi connectivity index (χ1) is 12.2.